The van der Waals surface area contributed by atoms with E-state index in [1.807, 2.05) is 0 Å². The van der Waals surface area contributed by atoms with Crippen LogP contribution in [-0.4, -0.2) is 26.1 Å². The molecule has 0 spiro atoms. The maximum Gasteiger partial charge on any atom is 0.274 e. The first-order valence-corrected chi connectivity index (χ1v) is 7.05. The zero-order chi connectivity index (χ0) is 17.1. The summed E-state index contributed by atoms with van der Waals surface area (Å²) in [5.41, 5.74) is -0.0128. The van der Waals surface area contributed by atoms with Crippen molar-refractivity contribution in [2.24, 2.45) is 0 Å². The lowest BCUT2D eigenvalue weighted by molar-refractivity contribution is 0.0932. The summed E-state index contributed by atoms with van der Waals surface area (Å²) < 4.78 is 19.1. The Kier molecular flexibility index (Phi) is 4.19. The molecule has 0 saturated carbocycles. The van der Waals surface area contributed by atoms with Crippen LogP contribution < -0.4 is 5.32 Å². The van der Waals surface area contributed by atoms with Gasteiger partial charge in [-0.1, -0.05) is 23.4 Å². The Morgan fingerprint density at radius 2 is 2.08 bits per heavy atom. The average Bonchev–Trinajstić information content (AvgIpc) is 3.00. The zero-order valence-corrected chi connectivity index (χ0v) is 12.6. The average molecular weight is 328 g/mol. The van der Waals surface area contributed by atoms with Crippen LogP contribution >= 0.6 is 0 Å². The number of nitrogens with zero attached hydrogens (tertiary/aromatic N) is 3. The van der Waals surface area contributed by atoms with Gasteiger partial charge in [-0.2, -0.15) is 4.98 Å². The third-order valence-corrected chi connectivity index (χ3v) is 3.29. The number of halogens is 1. The van der Waals surface area contributed by atoms with Crippen molar-refractivity contribution in [1.29, 1.82) is 0 Å². The van der Waals surface area contributed by atoms with Crippen molar-refractivity contribution in [1.82, 2.24) is 20.4 Å². The monoisotopic (exact) mass is 328 g/mol. The number of pyridine rings is 1. The minimum absolute atomic E-state index is 0.0985. The van der Waals surface area contributed by atoms with Crippen molar-refractivity contribution in [2.45, 2.75) is 13.0 Å². The Morgan fingerprint density at radius 3 is 2.75 bits per heavy atom. The van der Waals surface area contributed by atoms with Gasteiger partial charge in [0.1, 0.15) is 17.6 Å². The van der Waals surface area contributed by atoms with Crippen LogP contribution in [-0.2, 0) is 0 Å². The molecule has 122 valence electrons. The van der Waals surface area contributed by atoms with E-state index >= 15 is 0 Å². The van der Waals surface area contributed by atoms with Gasteiger partial charge in [-0.15, -0.1) is 0 Å². The maximum atomic E-state index is 14.2. The summed E-state index contributed by atoms with van der Waals surface area (Å²) in [5.74, 6) is -1.13. The van der Waals surface area contributed by atoms with Crippen molar-refractivity contribution in [3.8, 4) is 5.75 Å². The number of aromatic hydroxyl groups is 1. The highest BCUT2D eigenvalue weighted by molar-refractivity contribution is 5.95. The molecule has 8 heteroatoms. The van der Waals surface area contributed by atoms with Crippen LogP contribution in [0.15, 0.2) is 47.1 Å². The van der Waals surface area contributed by atoms with E-state index in [2.05, 4.69) is 20.4 Å². The van der Waals surface area contributed by atoms with Gasteiger partial charge >= 0.3 is 0 Å². The van der Waals surface area contributed by atoms with Crippen LogP contribution in [0.1, 0.15) is 33.8 Å². The van der Waals surface area contributed by atoms with E-state index in [0.29, 0.717) is 0 Å². The van der Waals surface area contributed by atoms with E-state index in [1.165, 1.54) is 36.5 Å². The molecule has 0 bridgehead atoms. The third-order valence-electron chi connectivity index (χ3n) is 3.29. The van der Waals surface area contributed by atoms with Gasteiger partial charge in [0.25, 0.3) is 5.91 Å². The lowest BCUT2D eigenvalue weighted by Crippen LogP contribution is -2.31. The van der Waals surface area contributed by atoms with Gasteiger partial charge in [-0.25, -0.2) is 9.37 Å². The molecule has 1 atom stereocenters. The maximum absolute atomic E-state index is 14.2. The van der Waals surface area contributed by atoms with Crippen molar-refractivity contribution >= 4 is 5.91 Å². The molecule has 1 aromatic carbocycles. The van der Waals surface area contributed by atoms with Crippen LogP contribution in [0.2, 0.25) is 0 Å². The molecule has 1 unspecified atom stereocenters. The van der Waals surface area contributed by atoms with Crippen LogP contribution in [0.5, 0.6) is 5.75 Å². The molecule has 0 saturated heterocycles. The summed E-state index contributed by atoms with van der Waals surface area (Å²) in [7, 11) is 0. The lowest BCUT2D eigenvalue weighted by atomic mass is 10.1. The fraction of sp³-hybridized carbons (Fsp3) is 0.125. The molecule has 7 nitrogen and oxygen atoms in total. The van der Waals surface area contributed by atoms with E-state index in [0.717, 1.165) is 0 Å². The quantitative estimate of drug-likeness (QED) is 0.761. The molecule has 0 aliphatic carbocycles. The van der Waals surface area contributed by atoms with Crippen LogP contribution in [0.3, 0.4) is 0 Å². The number of carbonyl (C=O) groups is 1. The SMILES string of the molecule is Cc1nc(C(NC(=O)c2ncccc2O)c2ccccc2F)no1. The van der Waals surface area contributed by atoms with Crippen molar-refractivity contribution in [3.05, 3.63) is 71.4 Å². The molecule has 24 heavy (non-hydrogen) atoms. The lowest BCUT2D eigenvalue weighted by Gasteiger charge is -2.16. The summed E-state index contributed by atoms with van der Waals surface area (Å²) in [6.07, 6.45) is 1.37. The van der Waals surface area contributed by atoms with E-state index in [9.17, 15) is 14.3 Å². The molecule has 2 N–H and O–H groups in total. The molecule has 3 aromatic rings. The van der Waals surface area contributed by atoms with Gasteiger partial charge < -0.3 is 14.9 Å². The van der Waals surface area contributed by atoms with Crippen LogP contribution in [0.25, 0.3) is 0 Å². The topological polar surface area (TPSA) is 101 Å². The van der Waals surface area contributed by atoms with Gasteiger partial charge in [-0.05, 0) is 18.2 Å². The first-order chi connectivity index (χ1) is 11.6. The summed E-state index contributed by atoms with van der Waals surface area (Å²) in [4.78, 5) is 20.3. The fourth-order valence-electron chi connectivity index (χ4n) is 2.19. The molecule has 0 fully saturated rings. The second-order valence-corrected chi connectivity index (χ2v) is 4.97. The fourth-order valence-corrected chi connectivity index (χ4v) is 2.19. The minimum Gasteiger partial charge on any atom is -0.505 e. The molecule has 0 aliphatic heterocycles. The van der Waals surface area contributed by atoms with Gasteiger partial charge in [0.15, 0.2) is 11.5 Å². The highest BCUT2D eigenvalue weighted by Crippen LogP contribution is 2.23. The number of aryl methyl sites for hydroxylation is 1. The van der Waals surface area contributed by atoms with E-state index in [-0.39, 0.29) is 28.7 Å². The first-order valence-electron chi connectivity index (χ1n) is 7.05. The van der Waals surface area contributed by atoms with E-state index in [4.69, 9.17) is 4.52 Å². The van der Waals surface area contributed by atoms with Crippen molar-refractivity contribution in [3.63, 3.8) is 0 Å². The highest BCUT2D eigenvalue weighted by atomic mass is 19.1. The number of nitrogens with one attached hydrogen (secondary N) is 1. The number of rotatable bonds is 4. The van der Waals surface area contributed by atoms with Crippen molar-refractivity contribution in [2.75, 3.05) is 0 Å². The Balaban J connectivity index is 1.98. The second kappa shape index (κ2) is 6.45. The third kappa shape index (κ3) is 3.07. The van der Waals surface area contributed by atoms with E-state index in [1.54, 1.807) is 13.0 Å². The van der Waals surface area contributed by atoms with Gasteiger partial charge in [0.05, 0.1) is 0 Å². The van der Waals surface area contributed by atoms with Gasteiger partial charge in [0.2, 0.25) is 5.89 Å². The molecular formula is C16H13FN4O3. The molecule has 3 rings (SSSR count). The standard InChI is InChI=1S/C16H13FN4O3/c1-9-19-15(21-24-9)13(10-5-2-3-6-11(10)17)20-16(23)14-12(22)7-4-8-18-14/h2-8,13,22H,1H3,(H,20,23). The Hall–Kier alpha value is -3.29. The van der Waals surface area contributed by atoms with Crippen molar-refractivity contribution < 1.29 is 18.8 Å². The number of hydrogen-bond donors (Lipinski definition) is 2. The summed E-state index contributed by atoms with van der Waals surface area (Å²) in [5, 5.41) is 16.1. The molecule has 2 heterocycles. The largest absolute Gasteiger partial charge is 0.505 e. The first kappa shape index (κ1) is 15.6. The molecular weight excluding hydrogens is 315 g/mol. The molecule has 0 radical (unpaired) electrons. The Morgan fingerprint density at radius 1 is 1.29 bits per heavy atom. The van der Waals surface area contributed by atoms with Crippen LogP contribution in [0, 0.1) is 12.7 Å². The van der Waals surface area contributed by atoms with Gasteiger partial charge in [-0.3, -0.25) is 4.79 Å². The predicted octanol–water partition coefficient (Wildman–Crippen LogP) is 2.14. The zero-order valence-electron chi connectivity index (χ0n) is 12.6. The summed E-state index contributed by atoms with van der Waals surface area (Å²) in [6, 6.07) is 7.76. The summed E-state index contributed by atoms with van der Waals surface area (Å²) >= 11 is 0. The Labute approximate surface area is 136 Å². The predicted molar refractivity (Wildman–Crippen MR) is 80.6 cm³/mol. The number of amides is 1. The summed E-state index contributed by atoms with van der Waals surface area (Å²) in [6.45, 7) is 1.58. The molecule has 1 amide bonds. The number of aromatic nitrogens is 3. The van der Waals surface area contributed by atoms with E-state index < -0.39 is 17.8 Å². The number of benzene rings is 1. The molecule has 0 aliphatic rings. The second-order valence-electron chi connectivity index (χ2n) is 4.97. The highest BCUT2D eigenvalue weighted by Gasteiger charge is 2.26. The van der Waals surface area contributed by atoms with Gasteiger partial charge in [0, 0.05) is 18.7 Å². The minimum atomic E-state index is -0.988. The number of carbonyl (C=O) groups excluding carboxylic acids is 1. The normalized spacial score (nSPS) is 11.9. The number of hydrogen-bond acceptors (Lipinski definition) is 6. The smallest absolute Gasteiger partial charge is 0.274 e. The van der Waals surface area contributed by atoms with Crippen LogP contribution in [0.4, 0.5) is 4.39 Å². The molecule has 2 aromatic heterocycles. The Bertz CT molecular complexity index is 881.